The van der Waals surface area contributed by atoms with Gasteiger partial charge in [-0.25, -0.2) is 9.97 Å². The van der Waals surface area contributed by atoms with Gasteiger partial charge in [-0.15, -0.1) is 0 Å². The number of ether oxygens (including phenoxy) is 2. The minimum absolute atomic E-state index is 0.126. The van der Waals surface area contributed by atoms with E-state index in [2.05, 4.69) is 20.4 Å². The zero-order valence-electron chi connectivity index (χ0n) is 28.0. The quantitative estimate of drug-likeness (QED) is 0.142. The lowest BCUT2D eigenvalue weighted by Crippen LogP contribution is -2.25. The number of carbonyl (C=O) groups excluding carboxylic acids is 1. The zero-order chi connectivity index (χ0) is 34.6. The smallest absolute Gasteiger partial charge is 0.237 e. The second-order valence-electron chi connectivity index (χ2n) is 12.7. The molecule has 1 unspecified atom stereocenters. The van der Waals surface area contributed by atoms with Gasteiger partial charge < -0.3 is 14.8 Å². The van der Waals surface area contributed by atoms with E-state index in [-0.39, 0.29) is 11.9 Å². The number of nitrogens with zero attached hydrogens (tertiary/aromatic N) is 6. The highest BCUT2D eigenvalue weighted by molar-refractivity contribution is 6.39. The summed E-state index contributed by atoms with van der Waals surface area (Å²) in [5, 5.41) is 11.0. The normalized spacial score (nSPS) is 17.6. The minimum Gasteiger partial charge on any atom is -0.480 e. The topological polar surface area (TPSA) is 131 Å². The van der Waals surface area contributed by atoms with Crippen LogP contribution in [0.5, 0.6) is 11.8 Å². The number of amides is 1. The molecule has 2 aliphatic rings. The van der Waals surface area contributed by atoms with Crippen LogP contribution in [0.25, 0.3) is 33.6 Å². The Morgan fingerprint density at radius 2 is 1.50 bits per heavy atom. The molecule has 0 radical (unpaired) electrons. The lowest BCUT2D eigenvalue weighted by atomic mass is 9.98. The molecular weight excluding hydrogens is 675 g/mol. The van der Waals surface area contributed by atoms with E-state index in [4.69, 9.17) is 52.6 Å². The number of methoxy groups -OCH3 is 2. The maximum atomic E-state index is 11.5. The average Bonchev–Trinajstić information content (AvgIpc) is 3.92. The molecule has 2 saturated heterocycles. The third kappa shape index (κ3) is 7.17. The van der Waals surface area contributed by atoms with E-state index in [1.807, 2.05) is 48.8 Å². The number of benzene rings is 2. The van der Waals surface area contributed by atoms with Crippen LogP contribution in [0.2, 0.25) is 10.0 Å². The predicted molar refractivity (Wildman–Crippen MR) is 192 cm³/mol. The standard InChI is InChI=1S/C37H38Cl2N8O3/c1-49-36-29(11-3-6-24-12-13-33(48)44-24)40-18-30(45-36)27-9-4-7-25(34(27)38)26-8-5-10-28(35(26)39)31-19-41-32(37(46-31)50-2)21-47-15-14-22(20-47)23-16-42-43-17-23/h4-5,7-10,16-19,22,24H,3,6,11-15,20-21H2,1-2H3,(H,42,43)(H,44,48)/t22?,24-/m1/s1. The van der Waals surface area contributed by atoms with Crippen LogP contribution in [0.15, 0.2) is 61.2 Å². The maximum absolute atomic E-state index is 11.5. The predicted octanol–water partition coefficient (Wildman–Crippen LogP) is 6.91. The monoisotopic (exact) mass is 712 g/mol. The van der Waals surface area contributed by atoms with Gasteiger partial charge in [0.15, 0.2) is 0 Å². The van der Waals surface area contributed by atoms with Crippen molar-refractivity contribution in [2.75, 3.05) is 27.3 Å². The SMILES string of the molecule is COc1nc(-c2cccc(-c3cccc(-c4cnc(CN5CCC(c6cn[nH]c6)C5)c(OC)n4)c3Cl)c2Cl)cnc1CCC[C@@H]1CCC(=O)N1. The van der Waals surface area contributed by atoms with E-state index in [9.17, 15) is 4.79 Å². The molecule has 0 bridgehead atoms. The van der Waals surface area contributed by atoms with Crippen LogP contribution in [0.4, 0.5) is 0 Å². The molecule has 50 heavy (non-hydrogen) atoms. The summed E-state index contributed by atoms with van der Waals surface area (Å²) in [4.78, 5) is 33.0. The molecule has 2 aromatic carbocycles. The molecule has 13 heteroatoms. The number of carbonyl (C=O) groups is 1. The van der Waals surface area contributed by atoms with E-state index in [1.54, 1.807) is 26.6 Å². The number of aromatic amines is 1. The first kappa shape index (κ1) is 33.9. The molecule has 5 heterocycles. The Balaban J connectivity index is 1.10. The molecule has 2 atom stereocenters. The zero-order valence-corrected chi connectivity index (χ0v) is 29.5. The fourth-order valence-electron chi connectivity index (χ4n) is 6.89. The van der Waals surface area contributed by atoms with Crippen LogP contribution in [0, 0.1) is 0 Å². The van der Waals surface area contributed by atoms with E-state index in [1.165, 1.54) is 5.56 Å². The number of H-pyrrole nitrogens is 1. The van der Waals surface area contributed by atoms with Gasteiger partial charge in [0.1, 0.15) is 11.4 Å². The van der Waals surface area contributed by atoms with E-state index < -0.39 is 0 Å². The molecule has 11 nitrogen and oxygen atoms in total. The number of aromatic nitrogens is 6. The molecule has 0 aliphatic carbocycles. The van der Waals surface area contributed by atoms with Crippen LogP contribution in [0.3, 0.4) is 0 Å². The Morgan fingerprint density at radius 1 is 0.860 bits per heavy atom. The molecule has 3 aromatic heterocycles. The number of hydrogen-bond donors (Lipinski definition) is 2. The van der Waals surface area contributed by atoms with Crippen molar-refractivity contribution in [3.05, 3.63) is 88.2 Å². The van der Waals surface area contributed by atoms with Gasteiger partial charge in [-0.05, 0) is 44.2 Å². The Labute approximate surface area is 300 Å². The van der Waals surface area contributed by atoms with Gasteiger partial charge in [-0.2, -0.15) is 5.10 Å². The van der Waals surface area contributed by atoms with Gasteiger partial charge in [0, 0.05) is 59.9 Å². The maximum Gasteiger partial charge on any atom is 0.237 e. The molecule has 258 valence electrons. The number of likely N-dealkylation sites (tertiary alicyclic amines) is 1. The van der Waals surface area contributed by atoms with Crippen LogP contribution >= 0.6 is 23.2 Å². The van der Waals surface area contributed by atoms with Gasteiger partial charge in [-0.3, -0.25) is 24.8 Å². The summed E-state index contributed by atoms with van der Waals surface area (Å²) >= 11 is 14.2. The van der Waals surface area contributed by atoms with Crippen molar-refractivity contribution in [1.82, 2.24) is 40.3 Å². The number of hydrogen-bond acceptors (Lipinski definition) is 9. The summed E-state index contributed by atoms with van der Waals surface area (Å²) < 4.78 is 11.3. The molecule has 1 amide bonds. The van der Waals surface area contributed by atoms with Crippen molar-refractivity contribution >= 4 is 29.1 Å². The van der Waals surface area contributed by atoms with Crippen LogP contribution in [-0.4, -0.2) is 74.3 Å². The Morgan fingerprint density at radius 3 is 2.10 bits per heavy atom. The van der Waals surface area contributed by atoms with E-state index in [0.29, 0.717) is 69.6 Å². The molecule has 2 N–H and O–H groups in total. The summed E-state index contributed by atoms with van der Waals surface area (Å²) in [5.74, 6) is 1.49. The number of aryl methyl sites for hydroxylation is 1. The van der Waals surface area contributed by atoms with Gasteiger partial charge in [-0.1, -0.05) is 59.6 Å². The Hall–Kier alpha value is -4.58. The van der Waals surface area contributed by atoms with Crippen LogP contribution in [0.1, 0.15) is 55.0 Å². The van der Waals surface area contributed by atoms with Crippen molar-refractivity contribution in [2.24, 2.45) is 0 Å². The van der Waals surface area contributed by atoms with Gasteiger partial charge >= 0.3 is 0 Å². The number of nitrogens with one attached hydrogen (secondary N) is 2. The summed E-state index contributed by atoms with van der Waals surface area (Å²) in [5.41, 5.74) is 6.88. The number of halogens is 2. The van der Waals surface area contributed by atoms with Crippen molar-refractivity contribution in [3.63, 3.8) is 0 Å². The molecule has 5 aromatic rings. The lowest BCUT2D eigenvalue weighted by Gasteiger charge is -2.17. The van der Waals surface area contributed by atoms with Crippen molar-refractivity contribution in [2.45, 2.75) is 57.0 Å². The Bertz CT molecular complexity index is 1990. The largest absolute Gasteiger partial charge is 0.480 e. The van der Waals surface area contributed by atoms with Gasteiger partial charge in [0.05, 0.1) is 54.2 Å². The minimum atomic E-state index is 0.126. The average molecular weight is 714 g/mol. The summed E-state index contributed by atoms with van der Waals surface area (Å²) in [6.45, 7) is 2.52. The van der Waals surface area contributed by atoms with E-state index in [0.717, 1.165) is 61.3 Å². The second-order valence-corrected chi connectivity index (χ2v) is 13.5. The first-order valence-electron chi connectivity index (χ1n) is 16.8. The van der Waals surface area contributed by atoms with Crippen molar-refractivity contribution in [1.29, 1.82) is 0 Å². The van der Waals surface area contributed by atoms with Gasteiger partial charge in [0.2, 0.25) is 17.7 Å². The third-order valence-electron chi connectivity index (χ3n) is 9.54. The highest BCUT2D eigenvalue weighted by Gasteiger charge is 2.27. The Kier molecular flexibility index (Phi) is 10.3. The fraction of sp³-hybridized carbons (Fsp3) is 0.351. The molecular formula is C37H38Cl2N8O3. The van der Waals surface area contributed by atoms with Crippen LogP contribution in [-0.2, 0) is 17.8 Å². The van der Waals surface area contributed by atoms with E-state index >= 15 is 0 Å². The molecule has 2 aliphatic heterocycles. The van der Waals surface area contributed by atoms with Gasteiger partial charge in [0.25, 0.3) is 0 Å². The highest BCUT2D eigenvalue weighted by Crippen LogP contribution is 2.42. The first-order valence-corrected chi connectivity index (χ1v) is 17.6. The lowest BCUT2D eigenvalue weighted by molar-refractivity contribution is -0.119. The first-order chi connectivity index (χ1) is 24.4. The number of rotatable bonds is 12. The summed E-state index contributed by atoms with van der Waals surface area (Å²) in [6.07, 6.45) is 12.3. The third-order valence-corrected chi connectivity index (χ3v) is 10.4. The van der Waals surface area contributed by atoms with Crippen LogP contribution < -0.4 is 14.8 Å². The summed E-state index contributed by atoms with van der Waals surface area (Å²) in [6, 6.07) is 11.8. The fourth-order valence-corrected chi connectivity index (χ4v) is 7.54. The summed E-state index contributed by atoms with van der Waals surface area (Å²) in [7, 11) is 3.20. The molecule has 0 spiro atoms. The van der Waals surface area contributed by atoms with Crippen molar-refractivity contribution in [3.8, 4) is 45.4 Å². The highest BCUT2D eigenvalue weighted by atomic mass is 35.5. The second kappa shape index (κ2) is 15.1. The molecule has 7 rings (SSSR count). The molecule has 0 saturated carbocycles. The molecule has 2 fully saturated rings. The van der Waals surface area contributed by atoms with Crippen molar-refractivity contribution < 1.29 is 14.3 Å².